The van der Waals surface area contributed by atoms with Crippen molar-refractivity contribution in [2.24, 2.45) is 0 Å². The molecule has 56 heavy (non-hydrogen) atoms. The first-order chi connectivity index (χ1) is 27.2. The van der Waals surface area contributed by atoms with E-state index in [0.717, 1.165) is 73.9 Å². The van der Waals surface area contributed by atoms with E-state index in [1.165, 1.54) is 16.8 Å². The van der Waals surface area contributed by atoms with E-state index in [0.29, 0.717) is 29.2 Å². The number of aromatic hydroxyl groups is 1. The second-order valence-electron chi connectivity index (χ2n) is 15.6. The number of carbonyl (C=O) groups is 4. The number of phenols is 1. The lowest BCUT2D eigenvalue weighted by molar-refractivity contribution is -0.136. The van der Waals surface area contributed by atoms with Crippen molar-refractivity contribution in [2.45, 2.75) is 56.1 Å². The van der Waals surface area contributed by atoms with Gasteiger partial charge in [-0.2, -0.15) is 0 Å². The lowest BCUT2D eigenvalue weighted by Crippen LogP contribution is -2.54. The Labute approximate surface area is 334 Å². The molecule has 0 bridgehead atoms. The Hall–Kier alpha value is -5.04. The van der Waals surface area contributed by atoms with Crippen molar-refractivity contribution in [3.05, 3.63) is 123 Å². The molecule has 2 N–H and O–H groups in total. The van der Waals surface area contributed by atoms with Gasteiger partial charge in [-0.1, -0.05) is 54.6 Å². The maximum Gasteiger partial charge on any atom is 0.263 e. The summed E-state index contributed by atoms with van der Waals surface area (Å²) in [5, 5.41) is 12.4. The molecule has 3 atom stereocenters. The molecule has 3 saturated heterocycles. The maximum absolute atomic E-state index is 13.5. The van der Waals surface area contributed by atoms with Crippen LogP contribution in [0.2, 0.25) is 0 Å². The highest BCUT2D eigenvalue weighted by atomic mass is 79.9. The molecule has 5 aliphatic rings. The molecule has 0 spiro atoms. The first kappa shape index (κ1) is 36.6. The van der Waals surface area contributed by atoms with Crippen molar-refractivity contribution in [3.8, 4) is 11.5 Å². The largest absolute Gasteiger partial charge is 0.508 e. The number of carbonyl (C=O) groups excluding carboxylic acids is 4. The van der Waals surface area contributed by atoms with Gasteiger partial charge in [0.1, 0.15) is 17.5 Å². The standard InChI is InChI=1S/C44H44BrN5O6/c45-41-29(8-12-34-40(41)44(55)50(43(34)54)36-14-15-38(52)46-42(36)53)25-47-20-22-49(23-21-47)31-16-18-48(19-17-31)30-9-6-28(7-10-30)39-33-13-11-32(51)24-37(33)56-26-35(39)27-4-2-1-3-5-27/h1-13,24,31,35-36,39,51H,14-23,25-26H2,(H,46,52,53)/t35-,36?,39-/m1/s1. The van der Waals surface area contributed by atoms with Crippen LogP contribution in [0, 0.1) is 0 Å². The van der Waals surface area contributed by atoms with Crippen LogP contribution >= 0.6 is 15.9 Å². The third kappa shape index (κ3) is 6.77. The number of anilines is 1. The van der Waals surface area contributed by atoms with Crippen molar-refractivity contribution < 1.29 is 29.0 Å². The Morgan fingerprint density at radius 2 is 1.54 bits per heavy atom. The monoisotopic (exact) mass is 817 g/mol. The van der Waals surface area contributed by atoms with E-state index in [9.17, 15) is 24.3 Å². The molecule has 0 radical (unpaired) electrons. The molecule has 9 rings (SSSR count). The molecule has 5 heterocycles. The summed E-state index contributed by atoms with van der Waals surface area (Å²) in [6.45, 7) is 6.94. The minimum absolute atomic E-state index is 0.0902. The minimum Gasteiger partial charge on any atom is -0.508 e. The molecule has 4 aromatic carbocycles. The summed E-state index contributed by atoms with van der Waals surface area (Å²) in [7, 11) is 0. The summed E-state index contributed by atoms with van der Waals surface area (Å²) in [5.41, 5.74) is 6.34. The van der Waals surface area contributed by atoms with E-state index in [2.05, 4.69) is 84.5 Å². The Balaban J connectivity index is 0.801. The van der Waals surface area contributed by atoms with Gasteiger partial charge in [-0.25, -0.2) is 0 Å². The molecule has 0 aromatic heterocycles. The van der Waals surface area contributed by atoms with E-state index in [1.807, 2.05) is 18.2 Å². The molecule has 12 heteroatoms. The average molecular weight is 819 g/mol. The molecule has 0 aliphatic carbocycles. The van der Waals surface area contributed by atoms with Crippen molar-refractivity contribution in [3.63, 3.8) is 0 Å². The predicted octanol–water partition coefficient (Wildman–Crippen LogP) is 5.65. The van der Waals surface area contributed by atoms with Crippen LogP contribution in [0.5, 0.6) is 11.5 Å². The van der Waals surface area contributed by atoms with Crippen molar-refractivity contribution in [1.82, 2.24) is 20.0 Å². The fourth-order valence-corrected chi connectivity index (χ4v) is 10.0. The number of nitrogens with one attached hydrogen (secondary N) is 1. The fourth-order valence-electron chi connectivity index (χ4n) is 9.39. The third-order valence-electron chi connectivity index (χ3n) is 12.4. The lowest BCUT2D eigenvalue weighted by Gasteiger charge is -2.43. The first-order valence-electron chi connectivity index (χ1n) is 19.6. The SMILES string of the molecule is O=C1CCC(N2C(=O)c3ccc(CN4CCN(C5CCN(c6ccc([C@@H]7c8ccc(O)cc8OC[C@@H]7c7ccccc7)cc6)CC5)CC4)c(Br)c3C2=O)C(=O)N1. The average Bonchev–Trinajstić information content (AvgIpc) is 3.48. The molecule has 1 unspecified atom stereocenters. The molecule has 4 amide bonds. The number of piperazine rings is 1. The molecule has 4 aromatic rings. The number of nitrogens with zero attached hydrogens (tertiary/aromatic N) is 4. The number of amides is 4. The van der Waals surface area contributed by atoms with Crippen LogP contribution in [0.15, 0.2) is 89.4 Å². The van der Waals surface area contributed by atoms with Crippen LogP contribution in [0.25, 0.3) is 0 Å². The van der Waals surface area contributed by atoms with Crippen LogP contribution in [0.3, 0.4) is 0 Å². The predicted molar refractivity (Wildman–Crippen MR) is 214 cm³/mol. The second kappa shape index (κ2) is 15.1. The normalized spacial score (nSPS) is 23.5. The third-order valence-corrected chi connectivity index (χ3v) is 13.3. The zero-order chi connectivity index (χ0) is 38.5. The van der Waals surface area contributed by atoms with E-state index in [1.54, 1.807) is 18.2 Å². The fraction of sp³-hybridized carbons (Fsp3) is 0.364. The number of ether oxygens (including phenoxy) is 1. The van der Waals surface area contributed by atoms with Crippen LogP contribution in [0.1, 0.15) is 80.5 Å². The Morgan fingerprint density at radius 3 is 2.27 bits per heavy atom. The van der Waals surface area contributed by atoms with Crippen LogP contribution in [-0.4, -0.2) is 101 Å². The van der Waals surface area contributed by atoms with Crippen molar-refractivity contribution in [1.29, 1.82) is 0 Å². The highest BCUT2D eigenvalue weighted by Crippen LogP contribution is 2.47. The lowest BCUT2D eigenvalue weighted by atomic mass is 9.76. The molecular formula is C44H44BrN5O6. The number of imide groups is 2. The summed E-state index contributed by atoms with van der Waals surface area (Å²) in [5.74, 6) is -0.746. The second-order valence-corrected chi connectivity index (χ2v) is 16.4. The van der Waals surface area contributed by atoms with Gasteiger partial charge in [-0.3, -0.25) is 39.2 Å². The number of phenolic OH excluding ortho intramolecular Hbond substituents is 1. The number of piperidine rings is 2. The summed E-state index contributed by atoms with van der Waals surface area (Å²) in [6.07, 6.45) is 2.43. The van der Waals surface area contributed by atoms with Gasteiger partial charge >= 0.3 is 0 Å². The number of hydrogen-bond donors (Lipinski definition) is 2. The van der Waals surface area contributed by atoms with Gasteiger partial charge in [-0.15, -0.1) is 0 Å². The van der Waals surface area contributed by atoms with Crippen LogP contribution in [0.4, 0.5) is 5.69 Å². The molecule has 11 nitrogen and oxygen atoms in total. The number of halogens is 1. The zero-order valence-corrected chi connectivity index (χ0v) is 32.6. The molecule has 0 saturated carbocycles. The van der Waals surface area contributed by atoms with Gasteiger partial charge in [0.2, 0.25) is 11.8 Å². The Kier molecular flexibility index (Phi) is 9.89. The Morgan fingerprint density at radius 1 is 0.786 bits per heavy atom. The summed E-state index contributed by atoms with van der Waals surface area (Å²) in [6, 6.07) is 28.2. The quantitative estimate of drug-likeness (QED) is 0.228. The van der Waals surface area contributed by atoms with Gasteiger partial charge in [0.05, 0.1) is 17.7 Å². The number of hydrogen-bond acceptors (Lipinski definition) is 9. The molecule has 3 fully saturated rings. The summed E-state index contributed by atoms with van der Waals surface area (Å²) in [4.78, 5) is 59.4. The number of benzene rings is 4. The first-order valence-corrected chi connectivity index (χ1v) is 20.4. The van der Waals surface area contributed by atoms with Crippen LogP contribution in [-0.2, 0) is 16.1 Å². The Bertz CT molecular complexity index is 2180. The van der Waals surface area contributed by atoms with E-state index < -0.39 is 29.7 Å². The highest BCUT2D eigenvalue weighted by molar-refractivity contribution is 9.10. The molecule has 5 aliphatic heterocycles. The zero-order valence-electron chi connectivity index (χ0n) is 31.0. The van der Waals surface area contributed by atoms with Crippen molar-refractivity contribution in [2.75, 3.05) is 50.8 Å². The number of rotatable bonds is 7. The number of fused-ring (bicyclic) bond motifs is 2. The van der Waals surface area contributed by atoms with E-state index in [4.69, 9.17) is 4.74 Å². The van der Waals surface area contributed by atoms with Gasteiger partial charge in [0.25, 0.3) is 11.8 Å². The summed E-state index contributed by atoms with van der Waals surface area (Å²) < 4.78 is 6.77. The molecular weight excluding hydrogens is 774 g/mol. The van der Waals surface area contributed by atoms with Crippen LogP contribution < -0.4 is 15.0 Å². The van der Waals surface area contributed by atoms with Gasteiger partial charge in [0.15, 0.2) is 0 Å². The van der Waals surface area contributed by atoms with E-state index in [-0.39, 0.29) is 36.0 Å². The topological polar surface area (TPSA) is 123 Å². The molecule has 288 valence electrons. The van der Waals surface area contributed by atoms with Gasteiger partial charge < -0.3 is 14.7 Å². The van der Waals surface area contributed by atoms with Gasteiger partial charge in [0, 0.05) is 91.9 Å². The van der Waals surface area contributed by atoms with E-state index >= 15 is 0 Å². The summed E-state index contributed by atoms with van der Waals surface area (Å²) >= 11 is 3.64. The minimum atomic E-state index is -0.984. The van der Waals surface area contributed by atoms with Gasteiger partial charge in [-0.05, 0) is 76.1 Å². The maximum atomic E-state index is 13.5. The smallest absolute Gasteiger partial charge is 0.263 e. The highest BCUT2D eigenvalue weighted by Gasteiger charge is 2.46. The van der Waals surface area contributed by atoms with Crippen molar-refractivity contribution >= 4 is 45.2 Å².